The van der Waals surface area contributed by atoms with Crippen LogP contribution in [-0.4, -0.2) is 9.97 Å². The standard InChI is InChI=1S/C17H9FN4O/c18-17(16-2-1-5-23-16,14-9-21-11-22-10-14)15-4-3-12(7-19)6-13(15)8-20/h1-6,9-11H. The van der Waals surface area contributed by atoms with E-state index in [9.17, 15) is 5.26 Å². The molecule has 3 aromatic rings. The molecule has 0 aliphatic carbocycles. The summed E-state index contributed by atoms with van der Waals surface area (Å²) in [6.45, 7) is 0. The lowest BCUT2D eigenvalue weighted by Crippen LogP contribution is -2.25. The number of aromatic nitrogens is 2. The van der Waals surface area contributed by atoms with Crippen molar-refractivity contribution in [3.63, 3.8) is 0 Å². The first-order valence-corrected chi connectivity index (χ1v) is 6.63. The largest absolute Gasteiger partial charge is 0.465 e. The van der Waals surface area contributed by atoms with E-state index < -0.39 is 5.67 Å². The third kappa shape index (κ3) is 2.33. The first kappa shape index (κ1) is 14.4. The lowest BCUT2D eigenvalue weighted by atomic mass is 9.84. The van der Waals surface area contributed by atoms with Crippen LogP contribution in [0.5, 0.6) is 0 Å². The third-order valence-corrected chi connectivity index (χ3v) is 3.46. The molecular weight excluding hydrogens is 295 g/mol. The van der Waals surface area contributed by atoms with Crippen LogP contribution in [0.2, 0.25) is 0 Å². The second kappa shape index (κ2) is 5.70. The van der Waals surface area contributed by atoms with Gasteiger partial charge in [0.2, 0.25) is 5.67 Å². The van der Waals surface area contributed by atoms with E-state index in [2.05, 4.69) is 9.97 Å². The number of nitriles is 2. The first-order chi connectivity index (χ1) is 11.2. The summed E-state index contributed by atoms with van der Waals surface area (Å²) in [5, 5.41) is 18.3. The van der Waals surface area contributed by atoms with E-state index in [0.717, 1.165) is 0 Å². The van der Waals surface area contributed by atoms with Gasteiger partial charge in [-0.05, 0) is 24.3 Å². The van der Waals surface area contributed by atoms with Crippen LogP contribution in [0.3, 0.4) is 0 Å². The fraction of sp³-hybridized carbons (Fsp3) is 0.0588. The van der Waals surface area contributed by atoms with Crippen molar-refractivity contribution in [1.29, 1.82) is 10.5 Å². The smallest absolute Gasteiger partial charge is 0.222 e. The monoisotopic (exact) mass is 304 g/mol. The molecule has 6 heteroatoms. The fourth-order valence-corrected chi connectivity index (χ4v) is 2.39. The van der Waals surface area contributed by atoms with Crippen molar-refractivity contribution in [2.24, 2.45) is 0 Å². The zero-order valence-electron chi connectivity index (χ0n) is 11.8. The molecule has 110 valence electrons. The number of rotatable bonds is 3. The quantitative estimate of drug-likeness (QED) is 0.742. The highest BCUT2D eigenvalue weighted by atomic mass is 19.1. The Balaban J connectivity index is 2.31. The molecule has 1 aromatic carbocycles. The minimum absolute atomic E-state index is 0.00788. The fourth-order valence-electron chi connectivity index (χ4n) is 2.39. The molecule has 0 bridgehead atoms. The van der Waals surface area contributed by atoms with E-state index >= 15 is 4.39 Å². The van der Waals surface area contributed by atoms with Gasteiger partial charge in [-0.3, -0.25) is 0 Å². The van der Waals surface area contributed by atoms with Crippen LogP contribution in [-0.2, 0) is 5.67 Å². The topological polar surface area (TPSA) is 86.5 Å². The zero-order valence-corrected chi connectivity index (χ0v) is 11.8. The minimum Gasteiger partial charge on any atom is -0.465 e. The summed E-state index contributed by atoms with van der Waals surface area (Å²) in [4.78, 5) is 7.69. The molecule has 5 nitrogen and oxygen atoms in total. The molecule has 23 heavy (non-hydrogen) atoms. The summed E-state index contributed by atoms with van der Waals surface area (Å²) in [5.41, 5.74) is -1.70. The molecule has 1 atom stereocenters. The molecule has 0 fully saturated rings. The van der Waals surface area contributed by atoms with E-state index in [-0.39, 0.29) is 28.0 Å². The Morgan fingerprint density at radius 2 is 1.87 bits per heavy atom. The summed E-state index contributed by atoms with van der Waals surface area (Å²) in [6.07, 6.45) is 5.29. The number of hydrogen-bond acceptors (Lipinski definition) is 5. The highest BCUT2D eigenvalue weighted by Gasteiger charge is 2.42. The Labute approximate surface area is 131 Å². The molecule has 0 spiro atoms. The van der Waals surface area contributed by atoms with Crippen LogP contribution in [0.25, 0.3) is 0 Å². The number of halogens is 1. The van der Waals surface area contributed by atoms with Gasteiger partial charge in [0.05, 0.1) is 29.5 Å². The zero-order chi connectivity index (χ0) is 16.3. The average molecular weight is 304 g/mol. The summed E-state index contributed by atoms with van der Waals surface area (Å²) < 4.78 is 21.4. The molecule has 0 saturated heterocycles. The minimum atomic E-state index is -2.23. The van der Waals surface area contributed by atoms with Crippen molar-refractivity contribution in [1.82, 2.24) is 9.97 Å². The van der Waals surface area contributed by atoms with Crippen molar-refractivity contribution >= 4 is 0 Å². The Hall–Kier alpha value is -3.51. The molecule has 2 heterocycles. The van der Waals surface area contributed by atoms with E-state index in [1.165, 1.54) is 49.2 Å². The molecule has 0 aliphatic heterocycles. The van der Waals surface area contributed by atoms with Gasteiger partial charge in [-0.25, -0.2) is 14.4 Å². The van der Waals surface area contributed by atoms with Crippen molar-refractivity contribution in [2.75, 3.05) is 0 Å². The predicted octanol–water partition coefficient (Wildman–Crippen LogP) is 3.07. The van der Waals surface area contributed by atoms with Crippen molar-refractivity contribution in [2.45, 2.75) is 5.67 Å². The lowest BCUT2D eigenvalue weighted by molar-refractivity contribution is 0.229. The second-order valence-electron chi connectivity index (χ2n) is 4.75. The highest BCUT2D eigenvalue weighted by Crippen LogP contribution is 2.41. The Morgan fingerprint density at radius 3 is 2.48 bits per heavy atom. The van der Waals surface area contributed by atoms with Crippen molar-refractivity contribution < 1.29 is 8.81 Å². The predicted molar refractivity (Wildman–Crippen MR) is 77.6 cm³/mol. The Kier molecular flexibility index (Phi) is 3.58. The normalized spacial score (nSPS) is 12.8. The molecule has 0 amide bonds. The molecular formula is C17H9FN4O. The molecule has 1 unspecified atom stereocenters. The highest BCUT2D eigenvalue weighted by molar-refractivity contribution is 5.53. The van der Waals surface area contributed by atoms with Gasteiger partial charge in [0, 0.05) is 23.5 Å². The van der Waals surface area contributed by atoms with Gasteiger partial charge in [0.25, 0.3) is 0 Å². The third-order valence-electron chi connectivity index (χ3n) is 3.46. The van der Waals surface area contributed by atoms with Gasteiger partial charge in [0.15, 0.2) is 0 Å². The number of furan rings is 1. The maximum atomic E-state index is 16.1. The first-order valence-electron chi connectivity index (χ1n) is 6.63. The maximum Gasteiger partial charge on any atom is 0.222 e. The van der Waals surface area contributed by atoms with Crippen molar-refractivity contribution in [3.05, 3.63) is 83.3 Å². The van der Waals surface area contributed by atoms with Crippen LogP contribution in [0.1, 0.15) is 28.0 Å². The van der Waals surface area contributed by atoms with E-state index in [4.69, 9.17) is 9.68 Å². The second-order valence-corrected chi connectivity index (χ2v) is 4.75. The molecule has 3 rings (SSSR count). The van der Waals surface area contributed by atoms with Gasteiger partial charge in [-0.15, -0.1) is 0 Å². The van der Waals surface area contributed by atoms with E-state index in [0.29, 0.717) is 0 Å². The van der Waals surface area contributed by atoms with E-state index in [1.54, 1.807) is 6.07 Å². The van der Waals surface area contributed by atoms with Gasteiger partial charge >= 0.3 is 0 Å². The van der Waals surface area contributed by atoms with Crippen LogP contribution in [0.15, 0.2) is 59.7 Å². The van der Waals surface area contributed by atoms with Gasteiger partial charge < -0.3 is 4.42 Å². The van der Waals surface area contributed by atoms with Crippen LogP contribution in [0, 0.1) is 22.7 Å². The Bertz CT molecular complexity index is 910. The summed E-state index contributed by atoms with van der Waals surface area (Å²) in [7, 11) is 0. The van der Waals surface area contributed by atoms with Gasteiger partial charge in [-0.2, -0.15) is 10.5 Å². The molecule has 0 radical (unpaired) electrons. The van der Waals surface area contributed by atoms with Crippen LogP contribution < -0.4 is 0 Å². The average Bonchev–Trinajstić information content (AvgIpc) is 3.16. The number of benzene rings is 1. The maximum absolute atomic E-state index is 16.1. The molecule has 0 saturated carbocycles. The van der Waals surface area contributed by atoms with Gasteiger partial charge in [-0.1, -0.05) is 6.07 Å². The molecule has 2 aromatic heterocycles. The number of alkyl halides is 1. The van der Waals surface area contributed by atoms with Gasteiger partial charge in [0.1, 0.15) is 12.1 Å². The summed E-state index contributed by atoms with van der Waals surface area (Å²) in [6, 6.07) is 11.1. The SMILES string of the molecule is N#Cc1ccc(C(F)(c2cncnc2)c2ccco2)c(C#N)c1. The number of hydrogen-bond donors (Lipinski definition) is 0. The lowest BCUT2D eigenvalue weighted by Gasteiger charge is -2.24. The summed E-state index contributed by atoms with van der Waals surface area (Å²) in [5.74, 6) is 0.00788. The summed E-state index contributed by atoms with van der Waals surface area (Å²) >= 11 is 0. The Morgan fingerprint density at radius 1 is 1.09 bits per heavy atom. The molecule has 0 aliphatic rings. The van der Waals surface area contributed by atoms with Crippen molar-refractivity contribution in [3.8, 4) is 12.1 Å². The van der Waals surface area contributed by atoms with E-state index in [1.807, 2.05) is 12.1 Å². The molecule has 0 N–H and O–H groups in total. The van der Waals surface area contributed by atoms with Crippen LogP contribution >= 0.6 is 0 Å². The number of nitrogens with zero attached hydrogens (tertiary/aromatic N) is 4. The van der Waals surface area contributed by atoms with Crippen LogP contribution in [0.4, 0.5) is 4.39 Å².